The fraction of sp³-hybridized carbons (Fsp3) is 0.294. The van der Waals surface area contributed by atoms with Crippen LogP contribution in [0.2, 0.25) is 0 Å². The zero-order chi connectivity index (χ0) is 16.9. The Hall–Kier alpha value is -2.38. The van der Waals surface area contributed by atoms with Gasteiger partial charge in [-0.2, -0.15) is 0 Å². The number of aliphatic hydroxyl groups is 1. The molecule has 24 heavy (non-hydrogen) atoms. The van der Waals surface area contributed by atoms with Crippen molar-refractivity contribution in [1.82, 2.24) is 10.3 Å². The van der Waals surface area contributed by atoms with E-state index in [1.807, 2.05) is 18.4 Å². The summed E-state index contributed by atoms with van der Waals surface area (Å²) >= 11 is 1.47. The molecule has 3 aromatic heterocycles. The molecule has 0 aromatic carbocycles. The number of hydrogen-bond acceptors (Lipinski definition) is 6. The Morgan fingerprint density at radius 2 is 2.29 bits per heavy atom. The maximum atomic E-state index is 12.1. The van der Waals surface area contributed by atoms with Gasteiger partial charge in [0.1, 0.15) is 23.1 Å². The lowest BCUT2D eigenvalue weighted by Crippen LogP contribution is -2.34. The number of hydrogen-bond donors (Lipinski definition) is 2. The van der Waals surface area contributed by atoms with Crippen LogP contribution in [0.15, 0.2) is 51.2 Å². The van der Waals surface area contributed by atoms with Gasteiger partial charge in [-0.3, -0.25) is 4.79 Å². The van der Waals surface area contributed by atoms with Gasteiger partial charge in [0.25, 0.3) is 0 Å². The van der Waals surface area contributed by atoms with Crippen LogP contribution in [0, 0.1) is 0 Å². The summed E-state index contributed by atoms with van der Waals surface area (Å²) in [6.45, 7) is 1.85. The summed E-state index contributed by atoms with van der Waals surface area (Å²) in [4.78, 5) is 16.6. The Labute approximate surface area is 143 Å². The van der Waals surface area contributed by atoms with E-state index < -0.39 is 6.10 Å². The van der Waals surface area contributed by atoms with Crippen LogP contribution in [0.25, 0.3) is 10.6 Å². The van der Waals surface area contributed by atoms with Gasteiger partial charge in [0.05, 0.1) is 24.6 Å². The van der Waals surface area contributed by atoms with Crippen molar-refractivity contribution in [3.63, 3.8) is 0 Å². The average Bonchev–Trinajstić information content (AvgIpc) is 3.29. The standard InChI is InChI=1S/C17H18N2O4S/c1-11(7-14(20)15-3-2-5-23-15)18-16(21)8-13-10-24-17(19-13)12-4-6-22-9-12/h2-6,9-11,14,20H,7-8H2,1H3,(H,18,21). The van der Waals surface area contributed by atoms with Crippen molar-refractivity contribution in [2.45, 2.75) is 31.9 Å². The summed E-state index contributed by atoms with van der Waals surface area (Å²) in [5.41, 5.74) is 1.62. The van der Waals surface area contributed by atoms with Gasteiger partial charge in [0.15, 0.2) is 0 Å². The quantitative estimate of drug-likeness (QED) is 0.686. The van der Waals surface area contributed by atoms with Gasteiger partial charge < -0.3 is 19.3 Å². The van der Waals surface area contributed by atoms with Gasteiger partial charge in [-0.15, -0.1) is 11.3 Å². The molecule has 126 valence electrons. The van der Waals surface area contributed by atoms with E-state index >= 15 is 0 Å². The third-order valence-corrected chi connectivity index (χ3v) is 4.46. The highest BCUT2D eigenvalue weighted by atomic mass is 32.1. The molecule has 3 aromatic rings. The zero-order valence-corrected chi connectivity index (χ0v) is 14.0. The summed E-state index contributed by atoms with van der Waals surface area (Å²) in [6, 6.07) is 5.10. The molecule has 7 heteroatoms. The number of aliphatic hydroxyl groups excluding tert-OH is 1. The molecular formula is C17H18N2O4S. The van der Waals surface area contributed by atoms with E-state index in [-0.39, 0.29) is 18.4 Å². The van der Waals surface area contributed by atoms with E-state index in [9.17, 15) is 9.90 Å². The predicted octanol–water partition coefficient (Wildman–Crippen LogP) is 3.17. The monoisotopic (exact) mass is 346 g/mol. The summed E-state index contributed by atoms with van der Waals surface area (Å²) in [5.74, 6) is 0.374. The van der Waals surface area contributed by atoms with Crippen molar-refractivity contribution in [2.24, 2.45) is 0 Å². The van der Waals surface area contributed by atoms with Crippen molar-refractivity contribution < 1.29 is 18.7 Å². The van der Waals surface area contributed by atoms with Crippen LogP contribution in [0.5, 0.6) is 0 Å². The second-order valence-corrected chi connectivity index (χ2v) is 6.43. The number of rotatable bonds is 7. The van der Waals surface area contributed by atoms with Crippen LogP contribution >= 0.6 is 11.3 Å². The normalized spacial score (nSPS) is 13.6. The topological polar surface area (TPSA) is 88.5 Å². The van der Waals surface area contributed by atoms with Crippen molar-refractivity contribution in [3.05, 3.63) is 53.8 Å². The second kappa shape index (κ2) is 7.46. The van der Waals surface area contributed by atoms with Gasteiger partial charge in [0.2, 0.25) is 5.91 Å². The Kier molecular flexibility index (Phi) is 5.12. The number of carbonyl (C=O) groups excluding carboxylic acids is 1. The lowest BCUT2D eigenvalue weighted by atomic mass is 10.1. The minimum atomic E-state index is -0.734. The number of carbonyl (C=O) groups is 1. The molecule has 1 amide bonds. The van der Waals surface area contributed by atoms with Crippen LogP contribution in [0.4, 0.5) is 0 Å². The van der Waals surface area contributed by atoms with Crippen molar-refractivity contribution >= 4 is 17.2 Å². The fourth-order valence-corrected chi connectivity index (χ4v) is 3.19. The first-order valence-corrected chi connectivity index (χ1v) is 8.47. The Bertz CT molecular complexity index is 764. The third kappa shape index (κ3) is 4.12. The summed E-state index contributed by atoms with van der Waals surface area (Å²) < 4.78 is 10.2. The number of thiazole rings is 1. The Balaban J connectivity index is 1.50. The van der Waals surface area contributed by atoms with E-state index in [0.29, 0.717) is 17.9 Å². The highest BCUT2D eigenvalue weighted by Crippen LogP contribution is 2.24. The number of amides is 1. The van der Waals surface area contributed by atoms with Gasteiger partial charge >= 0.3 is 0 Å². The molecule has 0 fully saturated rings. The SMILES string of the molecule is CC(CC(O)c1ccco1)NC(=O)Cc1csc(-c2ccoc2)n1. The molecule has 0 aliphatic heterocycles. The summed E-state index contributed by atoms with van der Waals surface area (Å²) in [5, 5.41) is 15.6. The van der Waals surface area contributed by atoms with E-state index in [1.54, 1.807) is 24.7 Å². The molecule has 2 atom stereocenters. The maximum absolute atomic E-state index is 12.1. The van der Waals surface area contributed by atoms with Gasteiger partial charge in [-0.25, -0.2) is 4.98 Å². The van der Waals surface area contributed by atoms with Crippen LogP contribution in [-0.2, 0) is 11.2 Å². The van der Waals surface area contributed by atoms with Crippen molar-refractivity contribution in [1.29, 1.82) is 0 Å². The van der Waals surface area contributed by atoms with E-state index in [0.717, 1.165) is 10.6 Å². The highest BCUT2D eigenvalue weighted by molar-refractivity contribution is 7.13. The van der Waals surface area contributed by atoms with Crippen LogP contribution < -0.4 is 5.32 Å². The van der Waals surface area contributed by atoms with Crippen LogP contribution in [0.1, 0.15) is 30.9 Å². The smallest absolute Gasteiger partial charge is 0.226 e. The maximum Gasteiger partial charge on any atom is 0.226 e. The average molecular weight is 346 g/mol. The molecule has 0 radical (unpaired) electrons. The number of furan rings is 2. The lowest BCUT2D eigenvalue weighted by Gasteiger charge is -2.16. The molecule has 3 heterocycles. The minimum Gasteiger partial charge on any atom is -0.472 e. The Morgan fingerprint density at radius 3 is 3.00 bits per heavy atom. The second-order valence-electron chi connectivity index (χ2n) is 5.57. The molecular weight excluding hydrogens is 328 g/mol. The molecule has 2 unspecified atom stereocenters. The molecule has 6 nitrogen and oxygen atoms in total. The third-order valence-electron chi connectivity index (χ3n) is 3.52. The first-order valence-electron chi connectivity index (χ1n) is 7.59. The van der Waals surface area contributed by atoms with E-state index in [1.165, 1.54) is 17.6 Å². The number of aromatic nitrogens is 1. The summed E-state index contributed by atoms with van der Waals surface area (Å²) in [6.07, 6.45) is 4.59. The van der Waals surface area contributed by atoms with Crippen LogP contribution in [0.3, 0.4) is 0 Å². The van der Waals surface area contributed by atoms with E-state index in [4.69, 9.17) is 8.83 Å². The highest BCUT2D eigenvalue weighted by Gasteiger charge is 2.17. The molecule has 0 aliphatic rings. The number of nitrogens with zero attached hydrogens (tertiary/aromatic N) is 1. The van der Waals surface area contributed by atoms with Gasteiger partial charge in [-0.1, -0.05) is 0 Å². The van der Waals surface area contributed by atoms with Crippen molar-refractivity contribution in [2.75, 3.05) is 0 Å². The van der Waals surface area contributed by atoms with Gasteiger partial charge in [-0.05, 0) is 25.1 Å². The molecule has 3 rings (SSSR count). The molecule has 0 saturated carbocycles. The largest absolute Gasteiger partial charge is 0.472 e. The minimum absolute atomic E-state index is 0.127. The first kappa shape index (κ1) is 16.5. The number of nitrogens with one attached hydrogen (secondary N) is 1. The Morgan fingerprint density at radius 1 is 1.42 bits per heavy atom. The molecule has 0 saturated heterocycles. The zero-order valence-electron chi connectivity index (χ0n) is 13.1. The summed E-state index contributed by atoms with van der Waals surface area (Å²) in [7, 11) is 0. The molecule has 0 aliphatic carbocycles. The van der Waals surface area contributed by atoms with E-state index in [2.05, 4.69) is 10.3 Å². The lowest BCUT2D eigenvalue weighted by molar-refractivity contribution is -0.121. The van der Waals surface area contributed by atoms with Crippen molar-refractivity contribution in [3.8, 4) is 10.6 Å². The molecule has 0 bridgehead atoms. The molecule has 0 spiro atoms. The fourth-order valence-electron chi connectivity index (χ4n) is 2.39. The first-order chi connectivity index (χ1) is 11.6. The van der Waals surface area contributed by atoms with Crippen LogP contribution in [-0.4, -0.2) is 22.0 Å². The predicted molar refractivity (Wildman–Crippen MR) is 89.4 cm³/mol. The molecule has 2 N–H and O–H groups in total. The van der Waals surface area contributed by atoms with Gasteiger partial charge in [0, 0.05) is 23.4 Å².